The van der Waals surface area contributed by atoms with E-state index in [1.165, 1.54) is 4.31 Å². The average molecular weight is 536 g/mol. The quantitative estimate of drug-likeness (QED) is 0.325. The van der Waals surface area contributed by atoms with Gasteiger partial charge in [0, 0.05) is 22.4 Å². The van der Waals surface area contributed by atoms with E-state index in [-0.39, 0.29) is 17.3 Å². The van der Waals surface area contributed by atoms with Crippen LogP contribution in [0.25, 0.3) is 0 Å². The first-order valence-electron chi connectivity index (χ1n) is 10.5. The largest absolute Gasteiger partial charge is 0.332 e. The molecule has 1 aromatic heterocycles. The van der Waals surface area contributed by atoms with Gasteiger partial charge in [0.25, 0.3) is 0 Å². The Labute approximate surface area is 202 Å². The van der Waals surface area contributed by atoms with Crippen molar-refractivity contribution in [1.82, 2.24) is 9.21 Å². The van der Waals surface area contributed by atoms with Gasteiger partial charge in [0.2, 0.25) is 15.9 Å². The van der Waals surface area contributed by atoms with Crippen molar-refractivity contribution < 1.29 is 13.2 Å². The Morgan fingerprint density at radius 1 is 0.969 bits per heavy atom. The summed E-state index contributed by atoms with van der Waals surface area (Å²) in [7, 11) is -3.79. The fourth-order valence-corrected chi connectivity index (χ4v) is 5.66. The number of unbranched alkanes of at least 4 members (excludes halogenated alkanes) is 1. The number of halogens is 1. The lowest BCUT2D eigenvalue weighted by molar-refractivity contribution is -0.132. The zero-order valence-electron chi connectivity index (χ0n) is 18.0. The molecule has 3 aromatic rings. The molecule has 2 aromatic carbocycles. The van der Waals surface area contributed by atoms with E-state index < -0.39 is 10.0 Å². The number of amides is 1. The molecule has 1 heterocycles. The number of thiophene rings is 1. The van der Waals surface area contributed by atoms with Crippen LogP contribution in [-0.2, 0) is 27.9 Å². The second kappa shape index (κ2) is 11.7. The molecule has 0 unspecified atom stereocenters. The number of sulfonamides is 1. The molecule has 0 aliphatic rings. The van der Waals surface area contributed by atoms with Crippen molar-refractivity contribution in [2.75, 3.05) is 13.1 Å². The number of carbonyl (C=O) groups excluding carboxylic acids is 1. The van der Waals surface area contributed by atoms with Gasteiger partial charge in [-0.1, -0.05) is 65.7 Å². The summed E-state index contributed by atoms with van der Waals surface area (Å²) in [6, 6.07) is 20.2. The number of nitrogens with zero attached hydrogens (tertiary/aromatic N) is 2. The second-order valence-corrected chi connectivity index (χ2v) is 11.3. The van der Waals surface area contributed by atoms with Gasteiger partial charge in [-0.15, -0.1) is 11.3 Å². The van der Waals surface area contributed by atoms with E-state index in [1.54, 1.807) is 40.5 Å². The van der Waals surface area contributed by atoms with Gasteiger partial charge in [0.05, 0.1) is 18.0 Å². The molecule has 0 fully saturated rings. The number of rotatable bonds is 11. The van der Waals surface area contributed by atoms with Crippen LogP contribution < -0.4 is 0 Å². The molecule has 0 atom stereocenters. The molecule has 0 aliphatic heterocycles. The third kappa shape index (κ3) is 6.75. The summed E-state index contributed by atoms with van der Waals surface area (Å²) in [6.45, 7) is 3.00. The molecule has 8 heteroatoms. The second-order valence-electron chi connectivity index (χ2n) is 7.46. The predicted molar refractivity (Wildman–Crippen MR) is 133 cm³/mol. The minimum atomic E-state index is -3.79. The number of hydrogen-bond acceptors (Lipinski definition) is 4. The van der Waals surface area contributed by atoms with E-state index in [4.69, 9.17) is 0 Å². The first-order valence-corrected chi connectivity index (χ1v) is 13.6. The third-order valence-corrected chi connectivity index (χ3v) is 8.27. The maximum Gasteiger partial charge on any atom is 0.243 e. The SMILES string of the molecule is CCCCN(CC(=O)N(Cc1ccccc1)Cc1cccs1)S(=O)(=O)c1ccc(Br)cc1. The van der Waals surface area contributed by atoms with Gasteiger partial charge in [0.1, 0.15) is 0 Å². The summed E-state index contributed by atoms with van der Waals surface area (Å²) >= 11 is 4.93. The van der Waals surface area contributed by atoms with Gasteiger partial charge >= 0.3 is 0 Å². The highest BCUT2D eigenvalue weighted by Gasteiger charge is 2.28. The van der Waals surface area contributed by atoms with Gasteiger partial charge in [0.15, 0.2) is 0 Å². The summed E-state index contributed by atoms with van der Waals surface area (Å²) in [5.41, 5.74) is 1.01. The molecule has 0 saturated carbocycles. The molecular formula is C24H27BrN2O3S2. The molecule has 170 valence electrons. The topological polar surface area (TPSA) is 57.7 Å². The molecule has 32 heavy (non-hydrogen) atoms. The lowest BCUT2D eigenvalue weighted by Gasteiger charge is -2.27. The van der Waals surface area contributed by atoms with Crippen LogP contribution in [0.3, 0.4) is 0 Å². The smallest absolute Gasteiger partial charge is 0.243 e. The number of benzene rings is 2. The highest BCUT2D eigenvalue weighted by Crippen LogP contribution is 2.21. The van der Waals surface area contributed by atoms with E-state index in [1.807, 2.05) is 54.8 Å². The van der Waals surface area contributed by atoms with Crippen molar-refractivity contribution in [2.45, 2.75) is 37.8 Å². The monoisotopic (exact) mass is 534 g/mol. The van der Waals surface area contributed by atoms with Crippen LogP contribution in [0.1, 0.15) is 30.2 Å². The van der Waals surface area contributed by atoms with Crippen LogP contribution in [0.2, 0.25) is 0 Å². The molecule has 0 saturated heterocycles. The summed E-state index contributed by atoms with van der Waals surface area (Å²) < 4.78 is 28.8. The van der Waals surface area contributed by atoms with Gasteiger partial charge < -0.3 is 4.90 Å². The summed E-state index contributed by atoms with van der Waals surface area (Å²) in [5, 5.41) is 1.98. The van der Waals surface area contributed by atoms with Crippen molar-refractivity contribution >= 4 is 43.2 Å². The Morgan fingerprint density at radius 2 is 1.69 bits per heavy atom. The average Bonchev–Trinajstić information content (AvgIpc) is 3.30. The van der Waals surface area contributed by atoms with E-state index in [0.29, 0.717) is 26.1 Å². The van der Waals surface area contributed by atoms with Gasteiger partial charge in [-0.05, 0) is 47.7 Å². The number of hydrogen-bond donors (Lipinski definition) is 0. The van der Waals surface area contributed by atoms with Gasteiger partial charge in [-0.2, -0.15) is 4.31 Å². The number of carbonyl (C=O) groups is 1. The van der Waals surface area contributed by atoms with E-state index >= 15 is 0 Å². The fourth-order valence-electron chi connectivity index (χ4n) is 3.25. The molecule has 0 spiro atoms. The Bertz CT molecular complexity index is 1090. The zero-order chi connectivity index (χ0) is 23.0. The third-order valence-electron chi connectivity index (χ3n) is 5.02. The van der Waals surface area contributed by atoms with E-state index in [9.17, 15) is 13.2 Å². The molecule has 0 bridgehead atoms. The Hall–Kier alpha value is -2.00. The molecule has 3 rings (SSSR count). The molecule has 5 nitrogen and oxygen atoms in total. The molecular weight excluding hydrogens is 508 g/mol. The van der Waals surface area contributed by atoms with Gasteiger partial charge in [-0.25, -0.2) is 8.42 Å². The van der Waals surface area contributed by atoms with Crippen molar-refractivity contribution in [2.24, 2.45) is 0 Å². The highest BCUT2D eigenvalue weighted by molar-refractivity contribution is 9.10. The van der Waals surface area contributed by atoms with Gasteiger partial charge in [-0.3, -0.25) is 4.79 Å². The maximum absolute atomic E-state index is 13.4. The fraction of sp³-hybridized carbons (Fsp3) is 0.292. The van der Waals surface area contributed by atoms with Crippen LogP contribution >= 0.6 is 27.3 Å². The predicted octanol–water partition coefficient (Wildman–Crippen LogP) is 5.53. The molecule has 0 radical (unpaired) electrons. The first kappa shape index (κ1) is 24.6. The molecule has 0 N–H and O–H groups in total. The van der Waals surface area contributed by atoms with Crippen LogP contribution in [0, 0.1) is 0 Å². The Kier molecular flexibility index (Phi) is 9.04. The first-order chi connectivity index (χ1) is 15.4. The normalized spacial score (nSPS) is 11.6. The highest BCUT2D eigenvalue weighted by atomic mass is 79.9. The lowest BCUT2D eigenvalue weighted by Crippen LogP contribution is -2.42. The Morgan fingerprint density at radius 3 is 2.31 bits per heavy atom. The molecule has 1 amide bonds. The zero-order valence-corrected chi connectivity index (χ0v) is 21.2. The van der Waals surface area contributed by atoms with Crippen LogP contribution in [0.5, 0.6) is 0 Å². The lowest BCUT2D eigenvalue weighted by atomic mass is 10.2. The Balaban J connectivity index is 1.84. The van der Waals surface area contributed by atoms with Crippen molar-refractivity contribution in [3.8, 4) is 0 Å². The minimum absolute atomic E-state index is 0.184. The van der Waals surface area contributed by atoms with Crippen LogP contribution in [0.4, 0.5) is 0 Å². The van der Waals surface area contributed by atoms with Crippen LogP contribution in [0.15, 0.2) is 81.5 Å². The van der Waals surface area contributed by atoms with Crippen molar-refractivity contribution in [1.29, 1.82) is 0 Å². The summed E-state index contributed by atoms with van der Waals surface area (Å²) in [6.07, 6.45) is 1.52. The molecule has 0 aliphatic carbocycles. The minimum Gasteiger partial charge on any atom is -0.332 e. The van der Waals surface area contributed by atoms with E-state index in [2.05, 4.69) is 15.9 Å². The summed E-state index contributed by atoms with van der Waals surface area (Å²) in [5.74, 6) is -0.209. The van der Waals surface area contributed by atoms with Crippen LogP contribution in [-0.4, -0.2) is 36.6 Å². The van der Waals surface area contributed by atoms with Crippen molar-refractivity contribution in [3.63, 3.8) is 0 Å². The summed E-state index contributed by atoms with van der Waals surface area (Å²) in [4.78, 5) is 16.4. The standard InChI is InChI=1S/C24H27BrN2O3S2/c1-2-3-15-27(32(29,30)23-13-11-21(25)12-14-23)19-24(28)26(18-22-10-7-16-31-22)17-20-8-5-4-6-9-20/h4-14,16H,2-3,15,17-19H2,1H3. The van der Waals surface area contributed by atoms with E-state index in [0.717, 1.165) is 21.3 Å². The van der Waals surface area contributed by atoms with Crippen molar-refractivity contribution in [3.05, 3.63) is 87.0 Å². The maximum atomic E-state index is 13.4.